The van der Waals surface area contributed by atoms with Gasteiger partial charge in [-0.1, -0.05) is 0 Å². The van der Waals surface area contributed by atoms with Crippen LogP contribution >= 0.6 is 15.9 Å². The zero-order chi connectivity index (χ0) is 18.9. The Morgan fingerprint density at radius 2 is 2.33 bits per heavy atom. The molecule has 1 aliphatic rings. The van der Waals surface area contributed by atoms with Crippen LogP contribution in [0.25, 0.3) is 5.65 Å². The summed E-state index contributed by atoms with van der Waals surface area (Å²) in [5.41, 5.74) is 1.86. The number of halogens is 1. The summed E-state index contributed by atoms with van der Waals surface area (Å²) in [7, 11) is 0. The number of ether oxygens (including phenoxy) is 2. The molecule has 0 aromatic carbocycles. The second-order valence-corrected chi connectivity index (χ2v) is 7.54. The summed E-state index contributed by atoms with van der Waals surface area (Å²) in [6.07, 6.45) is 6.07. The van der Waals surface area contributed by atoms with Crippen LogP contribution in [0.5, 0.6) is 0 Å². The summed E-state index contributed by atoms with van der Waals surface area (Å²) in [4.78, 5) is 9.23. The molecule has 1 fully saturated rings. The van der Waals surface area contributed by atoms with Crippen molar-refractivity contribution < 1.29 is 9.47 Å². The second kappa shape index (κ2) is 10.6. The van der Waals surface area contributed by atoms with E-state index in [1.807, 2.05) is 28.9 Å². The Labute approximate surface area is 168 Å². The maximum atomic E-state index is 5.74. The summed E-state index contributed by atoms with van der Waals surface area (Å²) in [5.74, 6) is 1.38. The van der Waals surface area contributed by atoms with Crippen molar-refractivity contribution in [3.05, 3.63) is 34.7 Å². The van der Waals surface area contributed by atoms with Crippen molar-refractivity contribution in [2.45, 2.75) is 26.3 Å². The lowest BCUT2D eigenvalue weighted by Crippen LogP contribution is -2.38. The molecule has 0 radical (unpaired) electrons. The van der Waals surface area contributed by atoms with Crippen LogP contribution in [0.15, 0.2) is 34.0 Å². The number of nitrogens with one attached hydrogen (secondary N) is 2. The van der Waals surface area contributed by atoms with Gasteiger partial charge in [0.15, 0.2) is 5.96 Å². The Morgan fingerprint density at radius 3 is 3.15 bits per heavy atom. The van der Waals surface area contributed by atoms with E-state index in [0.29, 0.717) is 12.5 Å². The Bertz CT molecular complexity index is 743. The van der Waals surface area contributed by atoms with Gasteiger partial charge < -0.3 is 24.5 Å². The van der Waals surface area contributed by atoms with Gasteiger partial charge in [-0.25, -0.2) is 9.98 Å². The monoisotopic (exact) mass is 437 g/mol. The molecule has 27 heavy (non-hydrogen) atoms. The van der Waals surface area contributed by atoms with Crippen molar-refractivity contribution in [1.29, 1.82) is 0 Å². The highest BCUT2D eigenvalue weighted by Crippen LogP contribution is 2.13. The molecule has 2 aromatic heterocycles. The molecule has 1 saturated heterocycles. The molecule has 1 unspecified atom stereocenters. The lowest BCUT2D eigenvalue weighted by atomic mass is 10.1. The third-order valence-corrected chi connectivity index (χ3v) is 4.81. The number of nitrogens with zero attached hydrogens (tertiary/aromatic N) is 3. The third-order valence-electron chi connectivity index (χ3n) is 4.34. The van der Waals surface area contributed by atoms with E-state index in [1.54, 1.807) is 0 Å². The number of imidazole rings is 1. The first-order valence-electron chi connectivity index (χ1n) is 9.55. The molecule has 3 heterocycles. The summed E-state index contributed by atoms with van der Waals surface area (Å²) < 4.78 is 14.1. The van der Waals surface area contributed by atoms with E-state index < -0.39 is 0 Å². The maximum Gasteiger partial charge on any atom is 0.191 e. The highest BCUT2D eigenvalue weighted by molar-refractivity contribution is 9.10. The van der Waals surface area contributed by atoms with Crippen molar-refractivity contribution in [2.24, 2.45) is 10.9 Å². The molecule has 148 valence electrons. The van der Waals surface area contributed by atoms with Crippen LogP contribution in [0.3, 0.4) is 0 Å². The van der Waals surface area contributed by atoms with Crippen molar-refractivity contribution in [3.63, 3.8) is 0 Å². The van der Waals surface area contributed by atoms with Gasteiger partial charge in [0.2, 0.25) is 0 Å². The molecule has 2 aromatic rings. The molecule has 3 rings (SSSR count). The first kappa shape index (κ1) is 20.1. The number of aromatic nitrogens is 2. The van der Waals surface area contributed by atoms with Gasteiger partial charge in [0, 0.05) is 49.1 Å². The van der Waals surface area contributed by atoms with Crippen LogP contribution in [-0.4, -0.2) is 54.9 Å². The minimum Gasteiger partial charge on any atom is -0.381 e. The zero-order valence-corrected chi connectivity index (χ0v) is 17.4. The van der Waals surface area contributed by atoms with Gasteiger partial charge in [-0.3, -0.25) is 0 Å². The van der Waals surface area contributed by atoms with E-state index in [1.165, 1.54) is 0 Å². The summed E-state index contributed by atoms with van der Waals surface area (Å²) in [6, 6.07) is 3.97. The first-order chi connectivity index (χ1) is 13.2. The quantitative estimate of drug-likeness (QED) is 0.358. The number of guanidine groups is 1. The predicted molar refractivity (Wildman–Crippen MR) is 110 cm³/mol. The fourth-order valence-electron chi connectivity index (χ4n) is 2.94. The smallest absolute Gasteiger partial charge is 0.191 e. The number of fused-ring (bicyclic) bond motifs is 1. The molecule has 0 amide bonds. The Hall–Kier alpha value is -1.64. The van der Waals surface area contributed by atoms with E-state index in [9.17, 15) is 0 Å². The highest BCUT2D eigenvalue weighted by atomic mass is 79.9. The molecule has 1 atom stereocenters. The maximum absolute atomic E-state index is 5.74. The lowest BCUT2D eigenvalue weighted by molar-refractivity contribution is 0.0888. The van der Waals surface area contributed by atoms with E-state index in [-0.39, 0.29) is 0 Å². The molecular formula is C19H28BrN5O2. The van der Waals surface area contributed by atoms with Crippen LogP contribution in [-0.2, 0) is 16.0 Å². The van der Waals surface area contributed by atoms with E-state index in [0.717, 1.165) is 74.1 Å². The Kier molecular flexibility index (Phi) is 7.92. The first-order valence-corrected chi connectivity index (χ1v) is 10.3. The molecule has 1 aliphatic heterocycles. The van der Waals surface area contributed by atoms with Gasteiger partial charge in [0.05, 0.1) is 25.5 Å². The van der Waals surface area contributed by atoms with Crippen molar-refractivity contribution >= 4 is 27.5 Å². The highest BCUT2D eigenvalue weighted by Gasteiger charge is 2.15. The molecule has 7 nitrogen and oxygen atoms in total. The fraction of sp³-hybridized carbons (Fsp3) is 0.579. The third kappa shape index (κ3) is 6.48. The van der Waals surface area contributed by atoms with Crippen molar-refractivity contribution in [3.8, 4) is 0 Å². The minimum absolute atomic E-state index is 0.535. The molecular weight excluding hydrogens is 410 g/mol. The van der Waals surface area contributed by atoms with Crippen LogP contribution in [0, 0.1) is 5.92 Å². The molecule has 0 spiro atoms. The van der Waals surface area contributed by atoms with Crippen LogP contribution < -0.4 is 10.6 Å². The van der Waals surface area contributed by atoms with E-state index in [2.05, 4.69) is 43.5 Å². The summed E-state index contributed by atoms with van der Waals surface area (Å²) in [6.45, 7) is 7.52. The summed E-state index contributed by atoms with van der Waals surface area (Å²) >= 11 is 3.48. The fourth-order valence-corrected chi connectivity index (χ4v) is 3.29. The minimum atomic E-state index is 0.535. The van der Waals surface area contributed by atoms with Crippen LogP contribution in [0.4, 0.5) is 0 Å². The number of pyridine rings is 1. The molecule has 0 aliphatic carbocycles. The predicted octanol–water partition coefficient (Wildman–Crippen LogP) is 2.60. The lowest BCUT2D eigenvalue weighted by Gasteiger charge is -2.12. The van der Waals surface area contributed by atoms with Gasteiger partial charge >= 0.3 is 0 Å². The molecule has 8 heteroatoms. The van der Waals surface area contributed by atoms with Gasteiger partial charge in [-0.2, -0.15) is 0 Å². The van der Waals surface area contributed by atoms with Crippen LogP contribution in [0.2, 0.25) is 0 Å². The SMILES string of the molecule is CCNC(=NCc1cn2cc(Br)ccc2n1)NCCCOCC1CCOC1. The number of aliphatic imine (C=N–C) groups is 1. The number of hydrogen-bond acceptors (Lipinski definition) is 4. The van der Waals surface area contributed by atoms with Gasteiger partial charge in [-0.05, 0) is 47.8 Å². The molecule has 0 saturated carbocycles. The molecule has 2 N–H and O–H groups in total. The second-order valence-electron chi connectivity index (χ2n) is 6.63. The normalized spacial score (nSPS) is 17.6. The summed E-state index contributed by atoms with van der Waals surface area (Å²) in [5, 5.41) is 6.63. The average molecular weight is 438 g/mol. The van der Waals surface area contributed by atoms with E-state index in [4.69, 9.17) is 9.47 Å². The number of rotatable bonds is 9. The van der Waals surface area contributed by atoms with Gasteiger partial charge in [0.1, 0.15) is 5.65 Å². The average Bonchev–Trinajstić information content (AvgIpc) is 3.31. The molecule has 0 bridgehead atoms. The van der Waals surface area contributed by atoms with E-state index >= 15 is 0 Å². The van der Waals surface area contributed by atoms with Crippen molar-refractivity contribution in [1.82, 2.24) is 20.0 Å². The topological polar surface area (TPSA) is 72.2 Å². The standard InChI is InChI=1S/C19H28BrN5O2/c1-2-21-19(22-7-3-8-26-13-15-6-9-27-14-15)23-10-17-12-25-11-16(20)4-5-18(25)24-17/h4-5,11-12,15H,2-3,6-10,13-14H2,1H3,(H2,21,22,23). The van der Waals surface area contributed by atoms with Gasteiger partial charge in [-0.15, -0.1) is 0 Å². The van der Waals surface area contributed by atoms with Crippen LogP contribution in [0.1, 0.15) is 25.5 Å². The zero-order valence-electron chi connectivity index (χ0n) is 15.8. The number of hydrogen-bond donors (Lipinski definition) is 2. The van der Waals surface area contributed by atoms with Crippen molar-refractivity contribution in [2.75, 3.05) is 39.5 Å². The Balaban J connectivity index is 1.41. The largest absolute Gasteiger partial charge is 0.381 e. The Morgan fingerprint density at radius 1 is 1.41 bits per heavy atom. The van der Waals surface area contributed by atoms with Gasteiger partial charge in [0.25, 0.3) is 0 Å².